The fraction of sp³-hybridized carbons (Fsp3) is 1.00. The molecular formula is C5H10ClO3P. The second kappa shape index (κ2) is 4.47. The van der Waals surface area contributed by atoms with Gasteiger partial charge in [0.05, 0.1) is 13.2 Å². The zero-order chi connectivity index (χ0) is 7.40. The van der Waals surface area contributed by atoms with Crippen molar-refractivity contribution in [3.63, 3.8) is 0 Å². The third kappa shape index (κ3) is 2.69. The van der Waals surface area contributed by atoms with Crippen LogP contribution in [0.4, 0.5) is 0 Å². The second-order valence-corrected chi connectivity index (χ2v) is 3.62. The molecule has 0 amide bonds. The van der Waals surface area contributed by atoms with E-state index in [0.29, 0.717) is 19.8 Å². The molecule has 3 nitrogen and oxygen atoms in total. The first kappa shape index (κ1) is 8.69. The van der Waals surface area contributed by atoms with Crippen molar-refractivity contribution in [1.82, 2.24) is 0 Å². The lowest BCUT2D eigenvalue weighted by atomic mass is 10.4. The summed E-state index contributed by atoms with van der Waals surface area (Å²) in [5, 5.41) is 0. The Morgan fingerprint density at radius 3 is 3.10 bits per heavy atom. The molecule has 1 aliphatic rings. The van der Waals surface area contributed by atoms with Gasteiger partial charge in [-0.15, -0.1) is 0 Å². The van der Waals surface area contributed by atoms with Crippen LogP contribution in [0.2, 0.25) is 0 Å². The standard InChI is InChI=1S/C5H10ClO3P/c1-2-7-3-5-4-8-10(6)9-5/h5H,2-4H2,1H3. The van der Waals surface area contributed by atoms with Gasteiger partial charge < -0.3 is 13.8 Å². The van der Waals surface area contributed by atoms with Crippen molar-refractivity contribution in [3.05, 3.63) is 0 Å². The fourth-order valence-corrected chi connectivity index (χ4v) is 1.86. The number of hydrogen-bond acceptors (Lipinski definition) is 3. The van der Waals surface area contributed by atoms with Gasteiger partial charge in [0.15, 0.2) is 0 Å². The summed E-state index contributed by atoms with van der Waals surface area (Å²) >= 11 is 5.55. The van der Waals surface area contributed by atoms with Gasteiger partial charge in [0.2, 0.25) is 0 Å². The molecule has 0 aromatic carbocycles. The van der Waals surface area contributed by atoms with Crippen LogP contribution in [0.25, 0.3) is 0 Å². The molecule has 5 heteroatoms. The Hall–Kier alpha value is 0.600. The first-order valence-corrected chi connectivity index (χ1v) is 5.24. The van der Waals surface area contributed by atoms with Crippen molar-refractivity contribution >= 4 is 19.0 Å². The summed E-state index contributed by atoms with van der Waals surface area (Å²) in [6.45, 7) is 3.80. The Bertz CT molecular complexity index is 103. The first-order chi connectivity index (χ1) is 4.83. The lowest BCUT2D eigenvalue weighted by molar-refractivity contribution is 0.0691. The van der Waals surface area contributed by atoms with Crippen LogP contribution in [0.1, 0.15) is 6.92 Å². The van der Waals surface area contributed by atoms with Crippen molar-refractivity contribution in [3.8, 4) is 0 Å². The molecule has 1 saturated heterocycles. The van der Waals surface area contributed by atoms with E-state index in [4.69, 9.17) is 25.0 Å². The molecular weight excluding hydrogens is 174 g/mol. The van der Waals surface area contributed by atoms with Crippen LogP contribution < -0.4 is 0 Å². The van der Waals surface area contributed by atoms with Crippen LogP contribution in [0, 0.1) is 0 Å². The summed E-state index contributed by atoms with van der Waals surface area (Å²) in [6.07, 6.45) is 0.0450. The minimum atomic E-state index is -1.13. The Balaban J connectivity index is 2.06. The number of halogens is 1. The van der Waals surface area contributed by atoms with E-state index in [1.54, 1.807) is 0 Å². The molecule has 0 spiro atoms. The SMILES string of the molecule is CCOCC1COP(Cl)O1. The van der Waals surface area contributed by atoms with Crippen LogP contribution in [-0.4, -0.2) is 25.9 Å². The molecule has 0 N–H and O–H groups in total. The van der Waals surface area contributed by atoms with E-state index >= 15 is 0 Å². The minimum absolute atomic E-state index is 0.0450. The fourth-order valence-electron chi connectivity index (χ4n) is 0.648. The normalized spacial score (nSPS) is 33.0. The van der Waals surface area contributed by atoms with Gasteiger partial charge >= 0.3 is 0 Å². The van der Waals surface area contributed by atoms with Crippen LogP contribution in [0.5, 0.6) is 0 Å². The highest BCUT2D eigenvalue weighted by atomic mass is 35.7. The molecule has 0 aliphatic carbocycles. The smallest absolute Gasteiger partial charge is 0.277 e. The zero-order valence-corrected chi connectivity index (χ0v) is 7.40. The van der Waals surface area contributed by atoms with E-state index in [1.807, 2.05) is 6.92 Å². The monoisotopic (exact) mass is 184 g/mol. The van der Waals surface area contributed by atoms with Crippen LogP contribution >= 0.6 is 19.0 Å². The molecule has 0 bridgehead atoms. The zero-order valence-electron chi connectivity index (χ0n) is 5.75. The summed E-state index contributed by atoms with van der Waals surface area (Å²) in [6, 6.07) is 0. The largest absolute Gasteiger partial charge is 0.379 e. The molecule has 0 aromatic rings. The highest BCUT2D eigenvalue weighted by Gasteiger charge is 2.24. The molecule has 1 aliphatic heterocycles. The second-order valence-electron chi connectivity index (χ2n) is 1.90. The Kier molecular flexibility index (Phi) is 3.89. The van der Waals surface area contributed by atoms with E-state index in [1.165, 1.54) is 0 Å². The maximum absolute atomic E-state index is 5.55. The highest BCUT2D eigenvalue weighted by Crippen LogP contribution is 2.49. The van der Waals surface area contributed by atoms with Crippen LogP contribution in [0.3, 0.4) is 0 Å². The minimum Gasteiger partial charge on any atom is -0.379 e. The third-order valence-corrected chi connectivity index (χ3v) is 2.45. The van der Waals surface area contributed by atoms with Gasteiger partial charge in [-0.05, 0) is 18.2 Å². The van der Waals surface area contributed by atoms with Gasteiger partial charge in [-0.25, -0.2) is 0 Å². The van der Waals surface area contributed by atoms with Crippen molar-refractivity contribution < 1.29 is 13.8 Å². The predicted molar refractivity (Wildman–Crippen MR) is 40.1 cm³/mol. The van der Waals surface area contributed by atoms with Crippen molar-refractivity contribution in [1.29, 1.82) is 0 Å². The van der Waals surface area contributed by atoms with Gasteiger partial charge in [0, 0.05) is 6.61 Å². The molecule has 2 atom stereocenters. The van der Waals surface area contributed by atoms with Crippen LogP contribution in [0.15, 0.2) is 0 Å². The van der Waals surface area contributed by atoms with Crippen molar-refractivity contribution in [2.45, 2.75) is 13.0 Å². The first-order valence-electron chi connectivity index (χ1n) is 3.16. The summed E-state index contributed by atoms with van der Waals surface area (Å²) in [7, 11) is -1.13. The van der Waals surface area contributed by atoms with E-state index < -0.39 is 7.73 Å². The number of rotatable bonds is 3. The summed E-state index contributed by atoms with van der Waals surface area (Å²) in [5.74, 6) is 0. The Morgan fingerprint density at radius 1 is 1.80 bits per heavy atom. The predicted octanol–water partition coefficient (Wildman–Crippen LogP) is 1.90. The Morgan fingerprint density at radius 2 is 2.60 bits per heavy atom. The molecule has 2 unspecified atom stereocenters. The van der Waals surface area contributed by atoms with Gasteiger partial charge in [-0.1, -0.05) is 0 Å². The molecule has 1 fully saturated rings. The summed E-state index contributed by atoms with van der Waals surface area (Å²) in [5.41, 5.74) is 0. The lowest BCUT2D eigenvalue weighted by Crippen LogP contribution is -2.16. The summed E-state index contributed by atoms with van der Waals surface area (Å²) < 4.78 is 15.2. The highest BCUT2D eigenvalue weighted by molar-refractivity contribution is 7.76. The van der Waals surface area contributed by atoms with E-state index in [0.717, 1.165) is 0 Å². The molecule has 0 aromatic heterocycles. The van der Waals surface area contributed by atoms with Crippen LogP contribution in [-0.2, 0) is 13.8 Å². The molecule has 1 rings (SSSR count). The molecule has 1 heterocycles. The van der Waals surface area contributed by atoms with E-state index in [2.05, 4.69) is 0 Å². The average molecular weight is 185 g/mol. The van der Waals surface area contributed by atoms with Gasteiger partial charge in [-0.3, -0.25) is 0 Å². The molecule has 60 valence electrons. The van der Waals surface area contributed by atoms with Crippen molar-refractivity contribution in [2.75, 3.05) is 19.8 Å². The molecule has 0 radical (unpaired) electrons. The Labute approximate surface area is 66.3 Å². The summed E-state index contributed by atoms with van der Waals surface area (Å²) in [4.78, 5) is 0. The number of hydrogen-bond donors (Lipinski definition) is 0. The van der Waals surface area contributed by atoms with Gasteiger partial charge in [0.1, 0.15) is 6.10 Å². The van der Waals surface area contributed by atoms with Gasteiger partial charge in [0.25, 0.3) is 7.73 Å². The van der Waals surface area contributed by atoms with Gasteiger partial charge in [-0.2, -0.15) is 0 Å². The lowest BCUT2D eigenvalue weighted by Gasteiger charge is -2.05. The third-order valence-electron chi connectivity index (χ3n) is 1.10. The average Bonchev–Trinajstić information content (AvgIpc) is 2.31. The maximum atomic E-state index is 5.55. The molecule has 0 saturated carbocycles. The van der Waals surface area contributed by atoms with Crippen molar-refractivity contribution in [2.24, 2.45) is 0 Å². The quantitative estimate of drug-likeness (QED) is 0.627. The van der Waals surface area contributed by atoms with E-state index in [9.17, 15) is 0 Å². The molecule has 10 heavy (non-hydrogen) atoms. The van der Waals surface area contributed by atoms with E-state index in [-0.39, 0.29) is 6.10 Å². The number of ether oxygens (including phenoxy) is 1. The topological polar surface area (TPSA) is 27.7 Å². The maximum Gasteiger partial charge on any atom is 0.277 e.